The summed E-state index contributed by atoms with van der Waals surface area (Å²) in [5.74, 6) is -3.93. The second-order valence-corrected chi connectivity index (χ2v) is 6.52. The minimum atomic E-state index is -5.06. The van der Waals surface area contributed by atoms with Gasteiger partial charge in [-0.15, -0.1) is 13.2 Å². The summed E-state index contributed by atoms with van der Waals surface area (Å²) in [6.45, 7) is 0.795. The van der Waals surface area contributed by atoms with Crippen molar-refractivity contribution in [3.05, 3.63) is 23.8 Å². The average molecular weight is 376 g/mol. The van der Waals surface area contributed by atoms with Crippen molar-refractivity contribution in [3.8, 4) is 5.75 Å². The van der Waals surface area contributed by atoms with Crippen LogP contribution in [0, 0.1) is 5.92 Å². The molecule has 1 aromatic carbocycles. The molecule has 0 spiro atoms. The number of alkyl halides is 4. The summed E-state index contributed by atoms with van der Waals surface area (Å²) in [4.78, 5) is 26.8. The monoisotopic (exact) mass is 376 g/mol. The Bertz CT molecular complexity index is 754. The minimum Gasteiger partial charge on any atom is -0.478 e. The molecule has 2 atom stereocenters. The standard InChI is InChI=1S/C16H16F4N2O4/c1-21-5-4-15(17)9(7-21)8-22(14(15)25)10-2-3-12(26-16(18,19)20)11(6-10)13(23)24/h2-3,6,9H,4-5,7-8H2,1H3,(H,23,24)/t9-,15+/m0/s1. The van der Waals surface area contributed by atoms with Gasteiger partial charge in [0, 0.05) is 37.7 Å². The molecule has 0 bridgehead atoms. The second-order valence-electron chi connectivity index (χ2n) is 6.52. The van der Waals surface area contributed by atoms with Crippen LogP contribution in [-0.2, 0) is 4.79 Å². The van der Waals surface area contributed by atoms with Crippen molar-refractivity contribution < 1.29 is 37.0 Å². The lowest BCUT2D eigenvalue weighted by atomic mass is 9.85. The molecular formula is C16H16F4N2O4. The largest absolute Gasteiger partial charge is 0.573 e. The zero-order valence-electron chi connectivity index (χ0n) is 13.7. The smallest absolute Gasteiger partial charge is 0.478 e. The molecule has 10 heteroatoms. The molecule has 0 aliphatic carbocycles. The predicted molar refractivity (Wildman–Crippen MR) is 81.9 cm³/mol. The highest BCUT2D eigenvalue weighted by molar-refractivity contribution is 6.03. The third-order valence-electron chi connectivity index (χ3n) is 4.77. The number of piperidine rings is 1. The Morgan fingerprint density at radius 2 is 2.04 bits per heavy atom. The molecule has 2 heterocycles. The molecule has 3 rings (SSSR count). The quantitative estimate of drug-likeness (QED) is 0.820. The molecule has 0 saturated carbocycles. The van der Waals surface area contributed by atoms with E-state index >= 15 is 4.39 Å². The lowest BCUT2D eigenvalue weighted by molar-refractivity contribution is -0.274. The number of aromatic carboxylic acids is 1. The number of benzene rings is 1. The molecule has 142 valence electrons. The van der Waals surface area contributed by atoms with E-state index in [9.17, 15) is 22.8 Å². The molecule has 0 aromatic heterocycles. The zero-order chi connectivity index (χ0) is 19.3. The molecular weight excluding hydrogens is 360 g/mol. The number of fused-ring (bicyclic) bond motifs is 1. The highest BCUT2D eigenvalue weighted by Crippen LogP contribution is 2.42. The molecule has 26 heavy (non-hydrogen) atoms. The minimum absolute atomic E-state index is 0.0184. The molecule has 0 radical (unpaired) electrons. The molecule has 2 saturated heterocycles. The lowest BCUT2D eigenvalue weighted by Gasteiger charge is -2.34. The van der Waals surface area contributed by atoms with Gasteiger partial charge in [-0.1, -0.05) is 0 Å². The zero-order valence-corrected chi connectivity index (χ0v) is 13.7. The van der Waals surface area contributed by atoms with Gasteiger partial charge in [0.15, 0.2) is 5.67 Å². The van der Waals surface area contributed by atoms with Crippen LogP contribution in [0.2, 0.25) is 0 Å². The van der Waals surface area contributed by atoms with Crippen LogP contribution in [0.25, 0.3) is 0 Å². The van der Waals surface area contributed by atoms with Gasteiger partial charge in [0.25, 0.3) is 5.91 Å². The third-order valence-corrected chi connectivity index (χ3v) is 4.77. The Morgan fingerprint density at radius 3 is 2.65 bits per heavy atom. The number of amides is 1. The summed E-state index contributed by atoms with van der Waals surface area (Å²) >= 11 is 0. The van der Waals surface area contributed by atoms with E-state index in [1.54, 1.807) is 7.05 Å². The number of ether oxygens (including phenoxy) is 1. The fraction of sp³-hybridized carbons (Fsp3) is 0.500. The van der Waals surface area contributed by atoms with Crippen molar-refractivity contribution in [2.75, 3.05) is 31.6 Å². The van der Waals surface area contributed by atoms with Gasteiger partial charge in [-0.05, 0) is 25.2 Å². The van der Waals surface area contributed by atoms with Gasteiger partial charge in [0.05, 0.1) is 0 Å². The van der Waals surface area contributed by atoms with Crippen LogP contribution in [0.5, 0.6) is 5.75 Å². The maximum atomic E-state index is 15.1. The Morgan fingerprint density at radius 1 is 1.35 bits per heavy atom. The second kappa shape index (κ2) is 6.11. The number of hydrogen-bond donors (Lipinski definition) is 1. The Balaban J connectivity index is 1.94. The van der Waals surface area contributed by atoms with E-state index in [0.717, 1.165) is 23.1 Å². The van der Waals surface area contributed by atoms with Crippen LogP contribution in [-0.4, -0.2) is 60.6 Å². The number of nitrogens with zero attached hydrogens (tertiary/aromatic N) is 2. The van der Waals surface area contributed by atoms with E-state index in [1.165, 1.54) is 0 Å². The predicted octanol–water partition coefficient (Wildman–Crippen LogP) is 2.29. The molecule has 2 aliphatic rings. The summed E-state index contributed by atoms with van der Waals surface area (Å²) in [5.41, 5.74) is -2.78. The number of halogens is 4. The summed E-state index contributed by atoms with van der Waals surface area (Å²) in [6.07, 6.45) is -5.04. The van der Waals surface area contributed by atoms with Gasteiger partial charge in [-0.2, -0.15) is 0 Å². The first-order valence-electron chi connectivity index (χ1n) is 7.84. The van der Waals surface area contributed by atoms with E-state index < -0.39 is 41.1 Å². The first kappa shape index (κ1) is 18.4. The van der Waals surface area contributed by atoms with E-state index in [0.29, 0.717) is 13.1 Å². The summed E-state index contributed by atoms with van der Waals surface area (Å²) in [5, 5.41) is 9.16. The fourth-order valence-electron chi connectivity index (χ4n) is 3.47. The van der Waals surface area contributed by atoms with Crippen LogP contribution in [0.4, 0.5) is 23.2 Å². The summed E-state index contributed by atoms with van der Waals surface area (Å²) < 4.78 is 56.0. The molecule has 6 nitrogen and oxygen atoms in total. The number of likely N-dealkylation sites (tertiary alicyclic amines) is 1. The van der Waals surface area contributed by atoms with Crippen LogP contribution in [0.15, 0.2) is 18.2 Å². The number of hydrogen-bond acceptors (Lipinski definition) is 4. The molecule has 2 fully saturated rings. The van der Waals surface area contributed by atoms with Crippen molar-refractivity contribution in [2.45, 2.75) is 18.5 Å². The normalized spacial score (nSPS) is 26.7. The third kappa shape index (κ3) is 3.20. The van der Waals surface area contributed by atoms with Gasteiger partial charge in [0.1, 0.15) is 11.3 Å². The van der Waals surface area contributed by atoms with Gasteiger partial charge in [0.2, 0.25) is 0 Å². The van der Waals surface area contributed by atoms with Crippen molar-refractivity contribution in [3.63, 3.8) is 0 Å². The van der Waals surface area contributed by atoms with Gasteiger partial charge >= 0.3 is 12.3 Å². The van der Waals surface area contributed by atoms with Crippen molar-refractivity contribution >= 4 is 17.6 Å². The van der Waals surface area contributed by atoms with Crippen LogP contribution in [0.1, 0.15) is 16.8 Å². The van der Waals surface area contributed by atoms with Crippen molar-refractivity contribution in [1.29, 1.82) is 0 Å². The van der Waals surface area contributed by atoms with Crippen LogP contribution >= 0.6 is 0 Å². The number of rotatable bonds is 3. The fourth-order valence-corrected chi connectivity index (χ4v) is 3.47. The maximum Gasteiger partial charge on any atom is 0.573 e. The van der Waals surface area contributed by atoms with E-state index in [-0.39, 0.29) is 18.7 Å². The van der Waals surface area contributed by atoms with Crippen molar-refractivity contribution in [2.24, 2.45) is 5.92 Å². The summed E-state index contributed by atoms with van der Waals surface area (Å²) in [7, 11) is 1.80. The molecule has 1 amide bonds. The van der Waals surface area contributed by atoms with Crippen LogP contribution in [0.3, 0.4) is 0 Å². The molecule has 1 aromatic rings. The van der Waals surface area contributed by atoms with E-state index in [1.807, 2.05) is 4.90 Å². The van der Waals surface area contributed by atoms with Crippen LogP contribution < -0.4 is 9.64 Å². The SMILES string of the molecule is CN1CC[C@]2(F)C(=O)N(c3ccc(OC(F)(F)F)c(C(=O)O)c3)C[C@@H]2C1. The highest BCUT2D eigenvalue weighted by Gasteiger charge is 2.57. The number of carboxylic acid groups (broad SMARTS) is 1. The number of carboxylic acids is 1. The highest BCUT2D eigenvalue weighted by atomic mass is 19.4. The number of anilines is 1. The summed E-state index contributed by atoms with van der Waals surface area (Å²) in [6, 6.07) is 2.83. The topological polar surface area (TPSA) is 70.1 Å². The van der Waals surface area contributed by atoms with Gasteiger partial charge in [-0.25, -0.2) is 9.18 Å². The molecule has 2 aliphatic heterocycles. The Labute approximate surface area is 145 Å². The molecule has 1 N–H and O–H groups in total. The van der Waals surface area contributed by atoms with Crippen molar-refractivity contribution in [1.82, 2.24) is 4.90 Å². The Kier molecular flexibility index (Phi) is 4.33. The maximum absolute atomic E-state index is 15.1. The van der Waals surface area contributed by atoms with Gasteiger partial charge in [-0.3, -0.25) is 4.79 Å². The van der Waals surface area contributed by atoms with Gasteiger partial charge < -0.3 is 19.6 Å². The first-order chi connectivity index (χ1) is 12.0. The number of carbonyl (C=O) groups excluding carboxylic acids is 1. The first-order valence-corrected chi connectivity index (χ1v) is 7.84. The Hall–Kier alpha value is -2.36. The van der Waals surface area contributed by atoms with E-state index in [4.69, 9.17) is 5.11 Å². The average Bonchev–Trinajstić information content (AvgIpc) is 2.78. The van der Waals surface area contributed by atoms with E-state index in [2.05, 4.69) is 4.74 Å². The molecule has 0 unspecified atom stereocenters. The number of carbonyl (C=O) groups is 2. The lowest BCUT2D eigenvalue weighted by Crippen LogP contribution is -2.49.